The minimum atomic E-state index is -4.76. The fourth-order valence-corrected chi connectivity index (χ4v) is 7.76. The maximum absolute atomic E-state index is 12.7. The van der Waals surface area contributed by atoms with Gasteiger partial charge in [0, 0.05) is 43.1 Å². The van der Waals surface area contributed by atoms with Gasteiger partial charge in [-0.2, -0.15) is 16.8 Å². The molecule has 3 aromatic rings. The molecule has 0 aliphatic rings. The van der Waals surface area contributed by atoms with Gasteiger partial charge in [0.25, 0.3) is 20.2 Å². The van der Waals surface area contributed by atoms with Gasteiger partial charge in [0.15, 0.2) is 0 Å². The number of nitrogens with one attached hydrogen (secondary N) is 3. The number of pyridine rings is 1. The molecule has 1 aromatic heterocycles. The van der Waals surface area contributed by atoms with Crippen LogP contribution in [-0.2, 0) is 39.4 Å². The highest BCUT2D eigenvalue weighted by Gasteiger charge is 2.30. The van der Waals surface area contributed by atoms with Crippen molar-refractivity contribution in [1.82, 2.24) is 20.9 Å². The van der Waals surface area contributed by atoms with Gasteiger partial charge < -0.3 is 36.9 Å². The highest BCUT2D eigenvalue weighted by Crippen LogP contribution is 2.29. The maximum Gasteiger partial charge on any atom is 0.267 e. The summed E-state index contributed by atoms with van der Waals surface area (Å²) in [6.07, 6.45) is 3.90. The van der Waals surface area contributed by atoms with Crippen molar-refractivity contribution in [3.05, 3.63) is 72.8 Å². The van der Waals surface area contributed by atoms with Crippen molar-refractivity contribution in [2.45, 2.75) is 103 Å². The molecule has 20 heteroatoms. The van der Waals surface area contributed by atoms with Crippen LogP contribution >= 0.6 is 0 Å². The zero-order valence-corrected chi connectivity index (χ0v) is 38.9. The molecule has 18 nitrogen and oxygen atoms in total. The average molecular weight is 932 g/mol. The molecule has 0 aliphatic heterocycles. The monoisotopic (exact) mass is 931 g/mol. The van der Waals surface area contributed by atoms with Crippen LogP contribution in [0.3, 0.4) is 0 Å². The second kappa shape index (κ2) is 24.9. The van der Waals surface area contributed by atoms with Crippen molar-refractivity contribution in [2.24, 2.45) is 21.9 Å². The fraction of sp³-hybridized carbons (Fsp3) is 0.523. The van der Waals surface area contributed by atoms with Crippen LogP contribution in [0.1, 0.15) is 79.6 Å². The standard InChI is InChI=1S/C44H65N7O11S2/c1-31(62-44(4,5)22-24-47-41(54)37(30-64(58,59)60)51-40(53)35(45)29-63(55,56)57)28-49-38(52)20-12-14-23-48-42(46)43(2,3)21-13-15-25-61-39-27-34(32-16-8-6-9-17-32)26-36(50-39)33-18-10-7-11-19-33/h6-11,16-19,26-27,31,35,37H,12-15,20-25,28-30,45H2,1-5H3,(H2,46,48)(H,47,54)(H,49,52)(H,51,53)(H,55,56,57)(H,58,59,60)/t31?,35-,37-/m0/s1. The first-order valence-corrected chi connectivity index (χ1v) is 24.4. The van der Waals surface area contributed by atoms with Crippen LogP contribution in [0.2, 0.25) is 0 Å². The average Bonchev–Trinajstić information content (AvgIpc) is 3.21. The summed E-state index contributed by atoms with van der Waals surface area (Å²) >= 11 is 0. The first-order chi connectivity index (χ1) is 29.9. The molecule has 3 amide bonds. The summed E-state index contributed by atoms with van der Waals surface area (Å²) < 4.78 is 75.4. The Labute approximate surface area is 377 Å². The molecule has 0 saturated heterocycles. The van der Waals surface area contributed by atoms with Crippen LogP contribution < -0.4 is 32.2 Å². The summed E-state index contributed by atoms with van der Waals surface area (Å²) in [5.41, 5.74) is 14.7. The highest BCUT2D eigenvalue weighted by molar-refractivity contribution is 7.86. The molecule has 0 aliphatic carbocycles. The van der Waals surface area contributed by atoms with Crippen molar-refractivity contribution in [2.75, 3.05) is 37.7 Å². The molecule has 0 radical (unpaired) electrons. The fourth-order valence-electron chi connectivity index (χ4n) is 6.49. The first kappa shape index (κ1) is 53.3. The number of aromatic nitrogens is 1. The molecule has 3 atom stereocenters. The van der Waals surface area contributed by atoms with Crippen molar-refractivity contribution >= 4 is 43.8 Å². The van der Waals surface area contributed by atoms with E-state index in [9.17, 15) is 35.8 Å². The molecule has 0 fully saturated rings. The largest absolute Gasteiger partial charge is 0.478 e. The molecule has 0 saturated carbocycles. The van der Waals surface area contributed by atoms with Crippen molar-refractivity contribution < 1.29 is 49.8 Å². The van der Waals surface area contributed by atoms with E-state index in [1.807, 2.05) is 59.9 Å². The lowest BCUT2D eigenvalue weighted by atomic mass is 9.86. The number of carbonyl (C=O) groups excluding carboxylic acids is 3. The number of amidine groups is 1. The number of aliphatic imine (C=N–C) groups is 1. The molecule has 1 unspecified atom stereocenters. The van der Waals surface area contributed by atoms with Gasteiger partial charge in [0.05, 0.1) is 35.6 Å². The number of ether oxygens (including phenoxy) is 2. The number of carbonyl (C=O) groups is 3. The zero-order valence-electron chi connectivity index (χ0n) is 37.3. The number of benzene rings is 2. The number of nitrogens with two attached hydrogens (primary N) is 2. The van der Waals surface area contributed by atoms with Gasteiger partial charge in [-0.3, -0.25) is 28.5 Å². The van der Waals surface area contributed by atoms with Gasteiger partial charge in [0.2, 0.25) is 23.6 Å². The molecule has 354 valence electrons. The third-order valence-corrected chi connectivity index (χ3v) is 11.6. The van der Waals surface area contributed by atoms with E-state index in [-0.39, 0.29) is 30.8 Å². The molecule has 2 aromatic carbocycles. The molecular formula is C44H65N7O11S2. The highest BCUT2D eigenvalue weighted by atomic mass is 32.2. The molecule has 1 heterocycles. The SMILES string of the molecule is CC(CNC(=O)CCCCN=C(N)C(C)(C)CCCCOc1cc(-c2ccccc2)cc(-c2ccccc2)n1)OC(C)(C)CCNC(=O)[C@H](CS(=O)(=O)O)NC(=O)[C@@H](N)CS(=O)(=O)O. The summed E-state index contributed by atoms with van der Waals surface area (Å²) in [5, 5.41) is 7.28. The van der Waals surface area contributed by atoms with Gasteiger partial charge in [-0.1, -0.05) is 74.5 Å². The molecule has 64 heavy (non-hydrogen) atoms. The number of rotatable bonds is 28. The van der Waals surface area contributed by atoms with E-state index in [0.717, 1.165) is 41.6 Å². The Hall–Kier alpha value is -4.99. The number of unbranched alkanes of at least 4 members (excludes halogenated alkanes) is 2. The molecule has 0 spiro atoms. The van der Waals surface area contributed by atoms with E-state index in [4.69, 9.17) is 30.5 Å². The molecule has 3 rings (SSSR count). The number of amides is 3. The third-order valence-electron chi connectivity index (χ3n) is 10.1. The van der Waals surface area contributed by atoms with E-state index in [1.54, 1.807) is 20.8 Å². The second-order valence-corrected chi connectivity index (χ2v) is 19.9. The normalized spacial score (nSPS) is 14.0. The predicted octanol–water partition coefficient (Wildman–Crippen LogP) is 3.91. The number of hydrogen-bond acceptors (Lipinski definition) is 12. The first-order valence-electron chi connectivity index (χ1n) is 21.2. The van der Waals surface area contributed by atoms with Crippen LogP contribution in [0.15, 0.2) is 77.8 Å². The van der Waals surface area contributed by atoms with Gasteiger partial charge in [0.1, 0.15) is 17.8 Å². The summed E-state index contributed by atoms with van der Waals surface area (Å²) in [4.78, 5) is 46.9. The molecule has 0 bridgehead atoms. The van der Waals surface area contributed by atoms with Crippen molar-refractivity contribution in [1.29, 1.82) is 0 Å². The third kappa shape index (κ3) is 20.7. The number of nitrogens with zero attached hydrogens (tertiary/aromatic N) is 2. The lowest BCUT2D eigenvalue weighted by molar-refractivity contribution is -0.129. The van der Waals surface area contributed by atoms with Gasteiger partial charge in [-0.25, -0.2) is 4.98 Å². The minimum Gasteiger partial charge on any atom is -0.478 e. The lowest BCUT2D eigenvalue weighted by Gasteiger charge is -2.30. The van der Waals surface area contributed by atoms with Crippen LogP contribution in [0.4, 0.5) is 0 Å². The van der Waals surface area contributed by atoms with E-state index >= 15 is 0 Å². The van der Waals surface area contributed by atoms with E-state index in [0.29, 0.717) is 44.1 Å². The Bertz CT molecular complexity index is 2170. The molecular weight excluding hydrogens is 867 g/mol. The summed E-state index contributed by atoms with van der Waals surface area (Å²) in [6, 6.07) is 20.6. The van der Waals surface area contributed by atoms with Gasteiger partial charge in [-0.05, 0) is 76.5 Å². The summed E-state index contributed by atoms with van der Waals surface area (Å²) in [7, 11) is -9.40. The summed E-state index contributed by atoms with van der Waals surface area (Å²) in [6.45, 7) is 10.6. The smallest absolute Gasteiger partial charge is 0.267 e. The zero-order chi connectivity index (χ0) is 47.6. The number of hydrogen-bond donors (Lipinski definition) is 7. The van der Waals surface area contributed by atoms with E-state index in [2.05, 4.69) is 47.7 Å². The quantitative estimate of drug-likeness (QED) is 0.0235. The topological polar surface area (TPSA) is 292 Å². The Morgan fingerprint density at radius 3 is 2.05 bits per heavy atom. The summed E-state index contributed by atoms with van der Waals surface area (Å²) in [5.74, 6) is -3.61. The van der Waals surface area contributed by atoms with Crippen LogP contribution in [0.5, 0.6) is 5.88 Å². The predicted molar refractivity (Wildman–Crippen MR) is 247 cm³/mol. The Kier molecular flexibility index (Phi) is 20.8. The van der Waals surface area contributed by atoms with Crippen LogP contribution in [0.25, 0.3) is 22.4 Å². The van der Waals surface area contributed by atoms with Crippen LogP contribution in [-0.4, -0.2) is 116 Å². The van der Waals surface area contributed by atoms with Gasteiger partial charge in [-0.15, -0.1) is 0 Å². The maximum atomic E-state index is 12.7. The minimum absolute atomic E-state index is 0.0429. The van der Waals surface area contributed by atoms with E-state index in [1.165, 1.54) is 0 Å². The van der Waals surface area contributed by atoms with Crippen molar-refractivity contribution in [3.8, 4) is 28.3 Å². The van der Waals surface area contributed by atoms with Crippen molar-refractivity contribution in [3.63, 3.8) is 0 Å². The van der Waals surface area contributed by atoms with Crippen LogP contribution in [0, 0.1) is 5.41 Å². The Morgan fingerprint density at radius 2 is 1.42 bits per heavy atom. The van der Waals surface area contributed by atoms with Gasteiger partial charge >= 0.3 is 0 Å². The van der Waals surface area contributed by atoms with E-state index < -0.39 is 67.3 Å². The second-order valence-electron chi connectivity index (χ2n) is 16.9. The Morgan fingerprint density at radius 1 is 0.797 bits per heavy atom. The Balaban J connectivity index is 1.34. The molecule has 9 N–H and O–H groups in total. The lowest BCUT2D eigenvalue weighted by Crippen LogP contribution is -2.55.